The summed E-state index contributed by atoms with van der Waals surface area (Å²) in [7, 11) is 0. The molecule has 0 bridgehead atoms. The summed E-state index contributed by atoms with van der Waals surface area (Å²) in [5.74, 6) is 0.956. The monoisotopic (exact) mass is 223 g/mol. The van der Waals surface area contributed by atoms with Crippen LogP contribution < -0.4 is 0 Å². The minimum atomic E-state index is 0.0138. The molecule has 0 unspecified atom stereocenters. The highest BCUT2D eigenvalue weighted by Crippen LogP contribution is 2.06. The Hall–Kier alpha value is -1.32. The fourth-order valence-corrected chi connectivity index (χ4v) is 1.65. The zero-order chi connectivity index (χ0) is 12.1. The Morgan fingerprint density at radius 1 is 1.25 bits per heavy atom. The summed E-state index contributed by atoms with van der Waals surface area (Å²) in [5, 5.41) is 0. The summed E-state index contributed by atoms with van der Waals surface area (Å²) in [6.07, 6.45) is 4.87. The minimum Gasteiger partial charge on any atom is -0.324 e. The van der Waals surface area contributed by atoms with Crippen LogP contribution in [-0.4, -0.2) is 33.6 Å². The predicted octanol–water partition coefficient (Wildman–Crippen LogP) is 2.47. The fraction of sp³-hybridized carbons (Fsp3) is 0.667. The number of nitrogens with zero attached hydrogens (tertiary/aromatic N) is 3. The number of hydrogen-bond donors (Lipinski definition) is 0. The molecule has 0 aliphatic carbocycles. The molecular formula is C12H21N3O. The van der Waals surface area contributed by atoms with Gasteiger partial charge in [0.15, 0.2) is 0 Å². The summed E-state index contributed by atoms with van der Waals surface area (Å²) in [6.45, 7) is 10.1. The third kappa shape index (κ3) is 3.68. The number of rotatable bonds is 4. The SMILES string of the molecule is CC(C)CN(CC(C)C)C(=O)n1ccnc1. The van der Waals surface area contributed by atoms with Crippen molar-refractivity contribution < 1.29 is 4.79 Å². The van der Waals surface area contributed by atoms with E-state index in [0.717, 1.165) is 13.1 Å². The molecule has 0 atom stereocenters. The van der Waals surface area contributed by atoms with Crippen LogP contribution >= 0.6 is 0 Å². The van der Waals surface area contributed by atoms with Crippen molar-refractivity contribution in [2.45, 2.75) is 27.7 Å². The molecule has 0 saturated carbocycles. The quantitative estimate of drug-likeness (QED) is 0.786. The molecule has 90 valence electrons. The van der Waals surface area contributed by atoms with E-state index in [1.807, 2.05) is 4.90 Å². The van der Waals surface area contributed by atoms with E-state index in [-0.39, 0.29) is 6.03 Å². The molecule has 16 heavy (non-hydrogen) atoms. The van der Waals surface area contributed by atoms with Crippen LogP contribution in [0.1, 0.15) is 27.7 Å². The van der Waals surface area contributed by atoms with Gasteiger partial charge in [-0.3, -0.25) is 4.57 Å². The zero-order valence-corrected chi connectivity index (χ0v) is 10.6. The molecule has 0 fully saturated rings. The lowest BCUT2D eigenvalue weighted by Crippen LogP contribution is -2.39. The van der Waals surface area contributed by atoms with E-state index in [4.69, 9.17) is 0 Å². The van der Waals surface area contributed by atoms with Crippen LogP contribution in [0.2, 0.25) is 0 Å². The van der Waals surface area contributed by atoms with E-state index in [2.05, 4.69) is 32.7 Å². The molecule has 0 radical (unpaired) electrons. The van der Waals surface area contributed by atoms with E-state index >= 15 is 0 Å². The first kappa shape index (κ1) is 12.7. The Morgan fingerprint density at radius 3 is 2.19 bits per heavy atom. The summed E-state index contributed by atoms with van der Waals surface area (Å²) < 4.78 is 1.53. The number of amides is 1. The van der Waals surface area contributed by atoms with Gasteiger partial charge in [-0.1, -0.05) is 27.7 Å². The van der Waals surface area contributed by atoms with Gasteiger partial charge in [0.2, 0.25) is 0 Å². The van der Waals surface area contributed by atoms with E-state index in [0.29, 0.717) is 11.8 Å². The van der Waals surface area contributed by atoms with Gasteiger partial charge in [0.05, 0.1) is 0 Å². The van der Waals surface area contributed by atoms with E-state index in [9.17, 15) is 4.79 Å². The highest BCUT2D eigenvalue weighted by Gasteiger charge is 2.17. The summed E-state index contributed by atoms with van der Waals surface area (Å²) in [4.78, 5) is 17.9. The van der Waals surface area contributed by atoms with E-state index < -0.39 is 0 Å². The number of hydrogen-bond acceptors (Lipinski definition) is 2. The van der Waals surface area contributed by atoms with Crippen LogP contribution in [0.4, 0.5) is 4.79 Å². The van der Waals surface area contributed by atoms with Crippen molar-refractivity contribution in [3.05, 3.63) is 18.7 Å². The van der Waals surface area contributed by atoms with Crippen LogP contribution in [0.5, 0.6) is 0 Å². The molecule has 1 rings (SSSR count). The van der Waals surface area contributed by atoms with Gasteiger partial charge in [0.25, 0.3) is 0 Å². The first-order valence-corrected chi connectivity index (χ1v) is 5.78. The Kier molecular flexibility index (Phi) is 4.52. The number of carbonyl (C=O) groups excluding carboxylic acids is 1. The molecule has 4 heteroatoms. The molecule has 1 aromatic heterocycles. The molecule has 1 aromatic rings. The van der Waals surface area contributed by atoms with Crippen LogP contribution in [0.3, 0.4) is 0 Å². The van der Waals surface area contributed by atoms with Crippen molar-refractivity contribution in [3.8, 4) is 0 Å². The lowest BCUT2D eigenvalue weighted by molar-refractivity contribution is 0.185. The lowest BCUT2D eigenvalue weighted by Gasteiger charge is -2.26. The maximum absolute atomic E-state index is 12.1. The van der Waals surface area contributed by atoms with Gasteiger partial charge in [0, 0.05) is 25.5 Å². The van der Waals surface area contributed by atoms with Gasteiger partial charge in [-0.2, -0.15) is 0 Å². The number of imidazole rings is 1. The van der Waals surface area contributed by atoms with Gasteiger partial charge in [0.1, 0.15) is 6.33 Å². The van der Waals surface area contributed by atoms with Gasteiger partial charge in [-0.15, -0.1) is 0 Å². The van der Waals surface area contributed by atoms with Crippen molar-refractivity contribution in [1.29, 1.82) is 0 Å². The molecule has 0 aliphatic rings. The van der Waals surface area contributed by atoms with Crippen LogP contribution in [-0.2, 0) is 0 Å². The van der Waals surface area contributed by atoms with Crippen molar-refractivity contribution in [2.75, 3.05) is 13.1 Å². The van der Waals surface area contributed by atoms with Crippen molar-refractivity contribution >= 4 is 6.03 Å². The van der Waals surface area contributed by atoms with E-state index in [1.54, 1.807) is 18.7 Å². The van der Waals surface area contributed by atoms with Gasteiger partial charge < -0.3 is 4.90 Å². The smallest absolute Gasteiger partial charge is 0.324 e. The predicted molar refractivity (Wildman–Crippen MR) is 64.3 cm³/mol. The second-order valence-electron chi connectivity index (χ2n) is 4.95. The second-order valence-corrected chi connectivity index (χ2v) is 4.95. The second kappa shape index (κ2) is 5.68. The highest BCUT2D eigenvalue weighted by atomic mass is 16.2. The Balaban J connectivity index is 2.71. The maximum atomic E-state index is 12.1. The van der Waals surface area contributed by atoms with Crippen LogP contribution in [0.15, 0.2) is 18.7 Å². The lowest BCUT2D eigenvalue weighted by atomic mass is 10.1. The number of carbonyl (C=O) groups is 1. The van der Waals surface area contributed by atoms with E-state index in [1.165, 1.54) is 4.57 Å². The fourth-order valence-electron chi connectivity index (χ4n) is 1.65. The normalized spacial score (nSPS) is 11.1. The molecule has 0 aliphatic heterocycles. The third-order valence-electron chi connectivity index (χ3n) is 2.17. The van der Waals surface area contributed by atoms with Crippen LogP contribution in [0, 0.1) is 11.8 Å². The molecule has 0 spiro atoms. The Bertz CT molecular complexity index is 307. The zero-order valence-electron chi connectivity index (χ0n) is 10.6. The Morgan fingerprint density at radius 2 is 1.81 bits per heavy atom. The average molecular weight is 223 g/mol. The van der Waals surface area contributed by atoms with Crippen molar-refractivity contribution in [2.24, 2.45) is 11.8 Å². The third-order valence-corrected chi connectivity index (χ3v) is 2.17. The molecule has 0 saturated heterocycles. The molecule has 0 aromatic carbocycles. The van der Waals surface area contributed by atoms with Gasteiger partial charge in [-0.25, -0.2) is 9.78 Å². The average Bonchev–Trinajstić information content (AvgIpc) is 2.66. The van der Waals surface area contributed by atoms with Gasteiger partial charge >= 0.3 is 6.03 Å². The topological polar surface area (TPSA) is 38.1 Å². The summed E-state index contributed by atoms with van der Waals surface area (Å²) in [5.41, 5.74) is 0. The molecule has 0 N–H and O–H groups in total. The molecule has 4 nitrogen and oxygen atoms in total. The van der Waals surface area contributed by atoms with Crippen molar-refractivity contribution in [1.82, 2.24) is 14.5 Å². The standard InChI is InChI=1S/C12H21N3O/c1-10(2)7-15(8-11(3)4)12(16)14-6-5-13-9-14/h5-6,9-11H,7-8H2,1-4H3. The Labute approximate surface area is 97.3 Å². The summed E-state index contributed by atoms with van der Waals surface area (Å²) in [6, 6.07) is 0.0138. The largest absolute Gasteiger partial charge is 0.329 e. The minimum absolute atomic E-state index is 0.0138. The summed E-state index contributed by atoms with van der Waals surface area (Å²) >= 11 is 0. The first-order valence-electron chi connectivity index (χ1n) is 5.78. The van der Waals surface area contributed by atoms with Crippen molar-refractivity contribution in [3.63, 3.8) is 0 Å². The molecule has 1 amide bonds. The van der Waals surface area contributed by atoms with Crippen LogP contribution in [0.25, 0.3) is 0 Å². The number of aromatic nitrogens is 2. The molecule has 1 heterocycles. The maximum Gasteiger partial charge on any atom is 0.329 e. The van der Waals surface area contributed by atoms with Gasteiger partial charge in [-0.05, 0) is 11.8 Å². The first-order chi connectivity index (χ1) is 7.50. The molecular weight excluding hydrogens is 202 g/mol. The highest BCUT2D eigenvalue weighted by molar-refractivity contribution is 5.76.